The molecule has 0 saturated heterocycles. The average molecular weight is 369 g/mol. The van der Waals surface area contributed by atoms with Gasteiger partial charge in [-0.15, -0.1) is 0 Å². The second kappa shape index (κ2) is 8.29. The minimum atomic E-state index is -0.867. The van der Waals surface area contributed by atoms with Crippen molar-refractivity contribution in [3.05, 3.63) is 38.9 Å². The van der Waals surface area contributed by atoms with E-state index < -0.39 is 17.5 Å². The van der Waals surface area contributed by atoms with Crippen molar-refractivity contribution >= 4 is 29.2 Å². The monoisotopic (exact) mass is 368 g/mol. The van der Waals surface area contributed by atoms with Crippen LogP contribution in [0.3, 0.4) is 0 Å². The summed E-state index contributed by atoms with van der Waals surface area (Å²) in [5, 5.41) is 13.7. The van der Waals surface area contributed by atoms with E-state index in [1.165, 1.54) is 12.1 Å². The standard InChI is InChI=1S/C17H21ClN2O5/c1-10-4-3-5-15(11(10)2)19-16(21)9-25-17(22)13-8-12(20(23)24)6-7-14(13)18/h6-8,10-11,15H,3-5,9H2,1-2H3,(H,19,21)/t10-,11-,15-/m1/s1. The summed E-state index contributed by atoms with van der Waals surface area (Å²) in [5.41, 5.74) is -0.408. The summed E-state index contributed by atoms with van der Waals surface area (Å²) in [7, 11) is 0. The Hall–Kier alpha value is -2.15. The number of carbonyl (C=O) groups is 2. The summed E-state index contributed by atoms with van der Waals surface area (Å²) in [4.78, 5) is 34.2. The van der Waals surface area contributed by atoms with E-state index >= 15 is 0 Å². The topological polar surface area (TPSA) is 98.5 Å². The molecule has 1 fully saturated rings. The predicted molar refractivity (Wildman–Crippen MR) is 92.5 cm³/mol. The molecular formula is C17H21ClN2O5. The maximum Gasteiger partial charge on any atom is 0.340 e. The zero-order valence-electron chi connectivity index (χ0n) is 14.2. The van der Waals surface area contributed by atoms with Crippen molar-refractivity contribution in [2.75, 3.05) is 6.61 Å². The number of rotatable bonds is 5. The van der Waals surface area contributed by atoms with E-state index in [2.05, 4.69) is 19.2 Å². The number of carbonyl (C=O) groups excluding carboxylic acids is 2. The van der Waals surface area contributed by atoms with Gasteiger partial charge in [0.25, 0.3) is 11.6 Å². The van der Waals surface area contributed by atoms with Gasteiger partial charge in [0, 0.05) is 18.2 Å². The normalized spacial score (nSPS) is 22.9. The number of benzene rings is 1. The van der Waals surface area contributed by atoms with Gasteiger partial charge in [-0.2, -0.15) is 0 Å². The van der Waals surface area contributed by atoms with Crippen molar-refractivity contribution in [2.45, 2.75) is 39.2 Å². The molecule has 1 aliphatic carbocycles. The minimum Gasteiger partial charge on any atom is -0.452 e. The second-order valence-corrected chi connectivity index (χ2v) is 6.85. The highest BCUT2D eigenvalue weighted by Crippen LogP contribution is 2.29. The van der Waals surface area contributed by atoms with Gasteiger partial charge in [-0.3, -0.25) is 14.9 Å². The van der Waals surface area contributed by atoms with Crippen molar-refractivity contribution in [1.29, 1.82) is 0 Å². The molecule has 1 N–H and O–H groups in total. The zero-order valence-corrected chi connectivity index (χ0v) is 14.9. The van der Waals surface area contributed by atoms with Crippen LogP contribution in [0.5, 0.6) is 0 Å². The summed E-state index contributed by atoms with van der Waals surface area (Å²) in [5.74, 6) is -0.361. The molecule has 8 heteroatoms. The quantitative estimate of drug-likeness (QED) is 0.488. The molecule has 7 nitrogen and oxygen atoms in total. The van der Waals surface area contributed by atoms with Gasteiger partial charge in [0.1, 0.15) is 0 Å². The lowest BCUT2D eigenvalue weighted by molar-refractivity contribution is -0.384. The lowest BCUT2D eigenvalue weighted by atomic mass is 9.78. The lowest BCUT2D eigenvalue weighted by Crippen LogP contribution is -2.45. The number of hydrogen-bond donors (Lipinski definition) is 1. The Morgan fingerprint density at radius 2 is 2.08 bits per heavy atom. The third kappa shape index (κ3) is 4.92. The molecule has 0 bridgehead atoms. The SMILES string of the molecule is C[C@@H]1[C@H](C)CCC[C@H]1NC(=O)COC(=O)c1cc([N+](=O)[O-])ccc1Cl. The number of nitrogens with one attached hydrogen (secondary N) is 1. The molecule has 1 aromatic carbocycles. The van der Waals surface area contributed by atoms with Crippen LogP contribution in [0.2, 0.25) is 5.02 Å². The first-order chi connectivity index (χ1) is 11.8. The summed E-state index contributed by atoms with van der Waals surface area (Å²) in [6.07, 6.45) is 3.11. The van der Waals surface area contributed by atoms with Gasteiger partial charge in [-0.25, -0.2) is 4.79 Å². The highest BCUT2D eigenvalue weighted by atomic mass is 35.5. The Morgan fingerprint density at radius 1 is 1.36 bits per heavy atom. The zero-order chi connectivity index (χ0) is 18.6. The number of nitro groups is 1. The van der Waals surface area contributed by atoms with Crippen molar-refractivity contribution in [2.24, 2.45) is 11.8 Å². The Labute approximate surface area is 150 Å². The third-order valence-corrected chi connectivity index (χ3v) is 5.10. The molecule has 0 heterocycles. The van der Waals surface area contributed by atoms with Crippen molar-refractivity contribution in [3.63, 3.8) is 0 Å². The molecule has 2 rings (SSSR count). The molecule has 136 valence electrons. The van der Waals surface area contributed by atoms with Crippen LogP contribution < -0.4 is 5.32 Å². The summed E-state index contributed by atoms with van der Waals surface area (Å²) >= 11 is 5.88. The molecule has 0 aromatic heterocycles. The van der Waals surface area contributed by atoms with Crippen molar-refractivity contribution in [1.82, 2.24) is 5.32 Å². The van der Waals surface area contributed by atoms with Crippen LogP contribution in [-0.2, 0) is 9.53 Å². The van der Waals surface area contributed by atoms with Crippen LogP contribution in [0.25, 0.3) is 0 Å². The minimum absolute atomic E-state index is 0.0331. The first-order valence-electron chi connectivity index (χ1n) is 8.20. The van der Waals surface area contributed by atoms with Gasteiger partial charge in [0.05, 0.1) is 15.5 Å². The Balaban J connectivity index is 1.92. The number of ether oxygens (including phenoxy) is 1. The molecule has 25 heavy (non-hydrogen) atoms. The van der Waals surface area contributed by atoms with Gasteiger partial charge in [-0.05, 0) is 24.3 Å². The van der Waals surface area contributed by atoms with Crippen molar-refractivity contribution in [3.8, 4) is 0 Å². The van der Waals surface area contributed by atoms with Gasteiger partial charge in [0.2, 0.25) is 0 Å². The summed E-state index contributed by atoms with van der Waals surface area (Å²) in [6, 6.07) is 3.54. The molecule has 1 aromatic rings. The summed E-state index contributed by atoms with van der Waals surface area (Å²) < 4.78 is 4.95. The molecule has 0 unspecified atom stereocenters. The fourth-order valence-electron chi connectivity index (χ4n) is 3.03. The molecular weight excluding hydrogens is 348 g/mol. The molecule has 1 amide bonds. The van der Waals surface area contributed by atoms with Gasteiger partial charge in [0.15, 0.2) is 6.61 Å². The predicted octanol–water partition coefficient (Wildman–Crippen LogP) is 3.35. The highest BCUT2D eigenvalue weighted by Gasteiger charge is 2.28. The van der Waals surface area contributed by atoms with E-state index in [9.17, 15) is 19.7 Å². The van der Waals surface area contributed by atoms with Crippen molar-refractivity contribution < 1.29 is 19.2 Å². The highest BCUT2D eigenvalue weighted by molar-refractivity contribution is 6.33. The largest absolute Gasteiger partial charge is 0.452 e. The molecule has 0 radical (unpaired) electrons. The van der Waals surface area contributed by atoms with Gasteiger partial charge >= 0.3 is 5.97 Å². The van der Waals surface area contributed by atoms with Crippen LogP contribution >= 0.6 is 11.6 Å². The number of halogens is 1. The summed E-state index contributed by atoms with van der Waals surface area (Å²) in [6.45, 7) is 3.81. The number of non-ortho nitro benzene ring substituents is 1. The van der Waals surface area contributed by atoms with Crippen LogP contribution in [0, 0.1) is 22.0 Å². The first kappa shape index (κ1) is 19.2. The molecule has 1 aliphatic rings. The second-order valence-electron chi connectivity index (χ2n) is 6.44. The van der Waals surface area contributed by atoms with Crippen LogP contribution in [0.4, 0.5) is 5.69 Å². The van der Waals surface area contributed by atoms with Crippen LogP contribution in [0.1, 0.15) is 43.5 Å². The molecule has 1 saturated carbocycles. The fraction of sp³-hybridized carbons (Fsp3) is 0.529. The fourth-order valence-corrected chi connectivity index (χ4v) is 3.22. The van der Waals surface area contributed by atoms with E-state index in [0.717, 1.165) is 25.3 Å². The van der Waals surface area contributed by atoms with Crippen LogP contribution in [0.15, 0.2) is 18.2 Å². The maximum atomic E-state index is 12.0. The molecule has 0 spiro atoms. The van der Waals surface area contributed by atoms with E-state index in [4.69, 9.17) is 16.3 Å². The van der Waals surface area contributed by atoms with Gasteiger partial charge < -0.3 is 10.1 Å². The van der Waals surface area contributed by atoms with E-state index in [-0.39, 0.29) is 28.2 Å². The van der Waals surface area contributed by atoms with E-state index in [0.29, 0.717) is 11.8 Å². The molecule has 3 atom stereocenters. The average Bonchev–Trinajstić information content (AvgIpc) is 2.57. The molecule has 0 aliphatic heterocycles. The van der Waals surface area contributed by atoms with E-state index in [1.807, 2.05) is 0 Å². The number of hydrogen-bond acceptors (Lipinski definition) is 5. The number of nitrogens with zero attached hydrogens (tertiary/aromatic N) is 1. The number of amides is 1. The maximum absolute atomic E-state index is 12.0. The third-order valence-electron chi connectivity index (χ3n) is 4.77. The lowest BCUT2D eigenvalue weighted by Gasteiger charge is -2.34. The van der Waals surface area contributed by atoms with Crippen LogP contribution in [-0.4, -0.2) is 29.4 Å². The smallest absolute Gasteiger partial charge is 0.340 e. The number of nitro benzene ring substituents is 1. The van der Waals surface area contributed by atoms with Gasteiger partial charge in [-0.1, -0.05) is 38.3 Å². The Morgan fingerprint density at radius 3 is 2.76 bits per heavy atom. The first-order valence-corrected chi connectivity index (χ1v) is 8.57. The Bertz CT molecular complexity index is 679. The number of esters is 1. The van der Waals surface area contributed by atoms with E-state index in [1.54, 1.807) is 0 Å². The Kier molecular flexibility index (Phi) is 6.36.